The number of fused-ring (bicyclic) bond motifs is 6. The Morgan fingerprint density at radius 3 is 1.45 bits per heavy atom. The van der Waals surface area contributed by atoms with Crippen LogP contribution >= 0.6 is 0 Å². The van der Waals surface area contributed by atoms with E-state index in [-0.39, 0.29) is 22.4 Å². The minimum absolute atomic E-state index is 0.153. The van der Waals surface area contributed by atoms with Gasteiger partial charge in [0.1, 0.15) is 0 Å². The molecule has 0 aliphatic carbocycles. The standard InChI is InChI=1S/C53H33F3N4/c1-32-13-4-6-15-37(32)35-23-25-41-39-17-8-10-21-45(39)59(47(41)29-35)49-27-34(31-57)28-50(52(49)51-43(53(54,55)56)19-12-20-44(51)58-3)60-46-22-11-9-18-40(46)42-26-24-36(30-48(42)60)38-16-7-5-14-33(38)2/h4-30H,1-2H3. The van der Waals surface area contributed by atoms with Crippen molar-refractivity contribution in [2.45, 2.75) is 20.0 Å². The first-order valence-corrected chi connectivity index (χ1v) is 19.5. The number of nitrogens with zero attached hydrogens (tertiary/aromatic N) is 4. The Kier molecular flexibility index (Phi) is 8.45. The van der Waals surface area contributed by atoms with Gasteiger partial charge in [-0.2, -0.15) is 18.4 Å². The minimum atomic E-state index is -4.82. The lowest BCUT2D eigenvalue weighted by molar-refractivity contribution is -0.137. The van der Waals surface area contributed by atoms with Gasteiger partial charge >= 0.3 is 6.18 Å². The average Bonchev–Trinajstić information content (AvgIpc) is 3.77. The van der Waals surface area contributed by atoms with Crippen LogP contribution in [0.2, 0.25) is 0 Å². The molecule has 0 saturated heterocycles. The summed E-state index contributed by atoms with van der Waals surface area (Å²) in [6.45, 7) is 12.4. The topological polar surface area (TPSA) is 38.0 Å². The summed E-state index contributed by atoms with van der Waals surface area (Å²) in [5.74, 6) is 0. The second-order valence-electron chi connectivity index (χ2n) is 15.1. The fraction of sp³-hybridized carbons (Fsp3) is 0.0566. The molecule has 10 rings (SSSR count). The van der Waals surface area contributed by atoms with Gasteiger partial charge in [0.25, 0.3) is 0 Å². The second kappa shape index (κ2) is 13.9. The van der Waals surface area contributed by atoms with E-state index in [0.29, 0.717) is 11.4 Å². The molecule has 0 unspecified atom stereocenters. The summed E-state index contributed by atoms with van der Waals surface area (Å²) in [4.78, 5) is 3.75. The number of hydrogen-bond acceptors (Lipinski definition) is 1. The molecule has 8 aromatic carbocycles. The van der Waals surface area contributed by atoms with Gasteiger partial charge in [0, 0.05) is 32.7 Å². The third kappa shape index (κ3) is 5.67. The van der Waals surface area contributed by atoms with Gasteiger partial charge in [-0.1, -0.05) is 127 Å². The maximum absolute atomic E-state index is 15.5. The number of aromatic nitrogens is 2. The Morgan fingerprint density at radius 2 is 0.983 bits per heavy atom. The van der Waals surface area contributed by atoms with Crippen molar-refractivity contribution in [3.05, 3.63) is 197 Å². The van der Waals surface area contributed by atoms with E-state index >= 15 is 13.2 Å². The molecule has 10 aromatic rings. The largest absolute Gasteiger partial charge is 0.415 e. The number of para-hydroxylation sites is 2. The Hall–Kier alpha value is -7.87. The Balaban J connectivity index is 1.43. The highest BCUT2D eigenvalue weighted by molar-refractivity contribution is 6.13. The molecule has 0 bridgehead atoms. The minimum Gasteiger partial charge on any atom is -0.309 e. The van der Waals surface area contributed by atoms with Crippen molar-refractivity contribution in [1.82, 2.24) is 9.13 Å². The number of aryl methyl sites for hydroxylation is 2. The summed E-state index contributed by atoms with van der Waals surface area (Å²) in [5, 5.41) is 14.4. The van der Waals surface area contributed by atoms with Gasteiger partial charge in [0.2, 0.25) is 0 Å². The van der Waals surface area contributed by atoms with Crippen molar-refractivity contribution in [2.75, 3.05) is 0 Å². The van der Waals surface area contributed by atoms with E-state index in [0.717, 1.165) is 83.1 Å². The van der Waals surface area contributed by atoms with Crippen LogP contribution in [0.5, 0.6) is 0 Å². The normalized spacial score (nSPS) is 11.7. The van der Waals surface area contributed by atoms with Crippen LogP contribution in [0.15, 0.2) is 164 Å². The smallest absolute Gasteiger partial charge is 0.309 e. The van der Waals surface area contributed by atoms with E-state index in [1.807, 2.05) is 108 Å². The first-order chi connectivity index (χ1) is 29.2. The Bertz CT molecular complexity index is 3300. The van der Waals surface area contributed by atoms with Crippen molar-refractivity contribution >= 4 is 49.3 Å². The van der Waals surface area contributed by atoms with Gasteiger partial charge < -0.3 is 9.13 Å². The number of halogens is 3. The highest BCUT2D eigenvalue weighted by atomic mass is 19.4. The Morgan fingerprint density at radius 1 is 0.517 bits per heavy atom. The van der Waals surface area contributed by atoms with Crippen LogP contribution < -0.4 is 0 Å². The first kappa shape index (κ1) is 36.5. The van der Waals surface area contributed by atoms with E-state index in [2.05, 4.69) is 59.4 Å². The van der Waals surface area contributed by atoms with E-state index in [4.69, 9.17) is 6.57 Å². The maximum Gasteiger partial charge on any atom is 0.415 e. The zero-order valence-corrected chi connectivity index (χ0v) is 32.5. The number of hydrogen-bond donors (Lipinski definition) is 0. The monoisotopic (exact) mass is 782 g/mol. The molecular formula is C53H33F3N4. The molecule has 7 heteroatoms. The quantitative estimate of drug-likeness (QED) is 0.160. The average molecular weight is 783 g/mol. The van der Waals surface area contributed by atoms with Crippen LogP contribution in [0.4, 0.5) is 18.9 Å². The van der Waals surface area contributed by atoms with E-state index in [1.54, 1.807) is 12.1 Å². The summed E-state index contributed by atoms with van der Waals surface area (Å²) >= 11 is 0. The third-order valence-corrected chi connectivity index (χ3v) is 11.7. The first-order valence-electron chi connectivity index (χ1n) is 19.5. The molecular weight excluding hydrogens is 750 g/mol. The van der Waals surface area contributed by atoms with Crippen LogP contribution in [-0.2, 0) is 6.18 Å². The highest BCUT2D eigenvalue weighted by Gasteiger charge is 2.37. The van der Waals surface area contributed by atoms with Gasteiger partial charge in [-0.25, -0.2) is 4.85 Å². The van der Waals surface area contributed by atoms with Crippen molar-refractivity contribution in [3.63, 3.8) is 0 Å². The molecule has 0 aliphatic rings. The van der Waals surface area contributed by atoms with Crippen LogP contribution in [-0.4, -0.2) is 9.13 Å². The molecule has 2 heterocycles. The SMILES string of the molecule is [C-]#[N+]c1cccc(C(F)(F)F)c1-c1c(-n2c3ccccc3c3ccc(-c4ccccc4C)cc32)cc(C#N)cc1-n1c2ccccc2c2ccc(-c3ccccc3C)cc21. The van der Waals surface area contributed by atoms with Crippen molar-refractivity contribution in [2.24, 2.45) is 0 Å². The number of alkyl halides is 3. The van der Waals surface area contributed by atoms with Gasteiger partial charge in [0.15, 0.2) is 5.69 Å². The molecule has 4 nitrogen and oxygen atoms in total. The third-order valence-electron chi connectivity index (χ3n) is 11.7. The molecule has 286 valence electrons. The Labute approximate surface area is 344 Å². The summed E-state index contributed by atoms with van der Waals surface area (Å²) in [6, 6.07) is 53.6. The fourth-order valence-electron chi connectivity index (χ4n) is 9.01. The summed E-state index contributed by atoms with van der Waals surface area (Å²) in [6.07, 6.45) is -4.82. The zero-order chi connectivity index (χ0) is 41.3. The molecule has 0 atom stereocenters. The van der Waals surface area contributed by atoms with Crippen molar-refractivity contribution in [1.29, 1.82) is 5.26 Å². The summed E-state index contributed by atoms with van der Waals surface area (Å²) < 4.78 is 50.6. The van der Waals surface area contributed by atoms with Crippen LogP contribution in [0.1, 0.15) is 22.3 Å². The lowest BCUT2D eigenvalue weighted by Gasteiger charge is -2.24. The second-order valence-corrected chi connectivity index (χ2v) is 15.1. The lowest BCUT2D eigenvalue weighted by Crippen LogP contribution is -2.11. The lowest BCUT2D eigenvalue weighted by atomic mass is 9.92. The van der Waals surface area contributed by atoms with Crippen LogP contribution in [0.3, 0.4) is 0 Å². The zero-order valence-electron chi connectivity index (χ0n) is 32.5. The fourth-order valence-corrected chi connectivity index (χ4v) is 9.01. The predicted octanol–water partition coefficient (Wildman–Crippen LogP) is 14.9. The van der Waals surface area contributed by atoms with E-state index < -0.39 is 11.7 Å². The van der Waals surface area contributed by atoms with Gasteiger partial charge in [-0.3, -0.25) is 0 Å². The van der Waals surface area contributed by atoms with Gasteiger partial charge in [0.05, 0.1) is 57.2 Å². The molecule has 2 aromatic heterocycles. The van der Waals surface area contributed by atoms with Crippen LogP contribution in [0, 0.1) is 31.8 Å². The van der Waals surface area contributed by atoms with Crippen molar-refractivity contribution in [3.8, 4) is 50.8 Å². The summed E-state index contributed by atoms with van der Waals surface area (Å²) in [7, 11) is 0. The van der Waals surface area contributed by atoms with Gasteiger partial charge in [-0.15, -0.1) is 0 Å². The van der Waals surface area contributed by atoms with Crippen molar-refractivity contribution < 1.29 is 13.2 Å². The highest BCUT2D eigenvalue weighted by Crippen LogP contribution is 2.50. The van der Waals surface area contributed by atoms with Crippen LogP contribution in [0.25, 0.3) is 93.2 Å². The molecule has 60 heavy (non-hydrogen) atoms. The molecule has 0 fully saturated rings. The van der Waals surface area contributed by atoms with Gasteiger partial charge in [-0.05, 0) is 83.6 Å². The molecule has 0 aliphatic heterocycles. The number of nitriles is 1. The maximum atomic E-state index is 15.5. The predicted molar refractivity (Wildman–Crippen MR) is 237 cm³/mol. The molecule has 0 spiro atoms. The number of rotatable bonds is 5. The molecule has 0 N–H and O–H groups in total. The molecule has 0 radical (unpaired) electrons. The van der Waals surface area contributed by atoms with E-state index in [9.17, 15) is 5.26 Å². The molecule has 0 saturated carbocycles. The van der Waals surface area contributed by atoms with E-state index in [1.165, 1.54) is 12.1 Å². The summed E-state index contributed by atoms with van der Waals surface area (Å²) in [5.41, 5.74) is 8.84. The molecule has 0 amide bonds. The number of benzene rings is 8.